The number of hydrogen-bond donors (Lipinski definition) is 1. The number of methoxy groups -OCH3 is 1. The SMILES string of the molecule is COc1ccccc1NC(=O)N1CCC(S(=O)(=O)c2ccccc2)CC1. The molecule has 0 spiro atoms. The van der Waals surface area contributed by atoms with Crippen LogP contribution in [0.1, 0.15) is 12.8 Å². The van der Waals surface area contributed by atoms with E-state index in [4.69, 9.17) is 4.74 Å². The molecule has 1 saturated heterocycles. The summed E-state index contributed by atoms with van der Waals surface area (Å²) in [4.78, 5) is 14.5. The van der Waals surface area contributed by atoms with E-state index in [0.29, 0.717) is 42.3 Å². The number of benzene rings is 2. The van der Waals surface area contributed by atoms with Gasteiger partial charge in [-0.05, 0) is 37.1 Å². The monoisotopic (exact) mass is 374 g/mol. The molecule has 0 bridgehead atoms. The second kappa shape index (κ2) is 7.78. The van der Waals surface area contributed by atoms with Gasteiger partial charge in [-0.3, -0.25) is 0 Å². The highest BCUT2D eigenvalue weighted by molar-refractivity contribution is 7.92. The Morgan fingerprint density at radius 2 is 1.65 bits per heavy atom. The summed E-state index contributed by atoms with van der Waals surface area (Å²) in [6.45, 7) is 0.801. The van der Waals surface area contributed by atoms with Crippen molar-refractivity contribution in [2.75, 3.05) is 25.5 Å². The predicted molar refractivity (Wildman–Crippen MR) is 100 cm³/mol. The molecule has 0 aromatic heterocycles. The number of amides is 2. The Hall–Kier alpha value is -2.54. The Morgan fingerprint density at radius 3 is 2.31 bits per heavy atom. The van der Waals surface area contributed by atoms with Crippen molar-refractivity contribution in [2.45, 2.75) is 23.0 Å². The lowest BCUT2D eigenvalue weighted by Crippen LogP contribution is -2.44. The average Bonchev–Trinajstić information content (AvgIpc) is 2.69. The second-order valence-electron chi connectivity index (χ2n) is 6.17. The average molecular weight is 374 g/mol. The third-order valence-corrected chi connectivity index (χ3v) is 6.87. The maximum Gasteiger partial charge on any atom is 0.321 e. The lowest BCUT2D eigenvalue weighted by atomic mass is 10.1. The first-order valence-electron chi connectivity index (χ1n) is 8.50. The summed E-state index contributed by atoms with van der Waals surface area (Å²) in [5, 5.41) is 2.37. The van der Waals surface area contributed by atoms with Crippen molar-refractivity contribution in [1.82, 2.24) is 4.90 Å². The van der Waals surface area contributed by atoms with Crippen molar-refractivity contribution < 1.29 is 17.9 Å². The van der Waals surface area contributed by atoms with Gasteiger partial charge in [-0.25, -0.2) is 13.2 Å². The number of piperidine rings is 1. The first kappa shape index (κ1) is 18.3. The molecular formula is C19H22N2O4S. The predicted octanol–water partition coefficient (Wildman–Crippen LogP) is 3.17. The second-order valence-corrected chi connectivity index (χ2v) is 8.40. The number of nitrogens with one attached hydrogen (secondary N) is 1. The smallest absolute Gasteiger partial charge is 0.321 e. The van der Waals surface area contributed by atoms with Gasteiger partial charge in [0, 0.05) is 13.1 Å². The Morgan fingerprint density at radius 1 is 1.04 bits per heavy atom. The van der Waals surface area contributed by atoms with E-state index in [1.54, 1.807) is 54.5 Å². The van der Waals surface area contributed by atoms with E-state index in [1.807, 2.05) is 12.1 Å². The van der Waals surface area contributed by atoms with Crippen LogP contribution in [0, 0.1) is 0 Å². The highest BCUT2D eigenvalue weighted by Gasteiger charge is 2.32. The lowest BCUT2D eigenvalue weighted by Gasteiger charge is -2.31. The van der Waals surface area contributed by atoms with Crippen molar-refractivity contribution in [3.8, 4) is 5.75 Å². The van der Waals surface area contributed by atoms with E-state index in [1.165, 1.54) is 0 Å². The molecule has 1 aliphatic rings. The zero-order chi connectivity index (χ0) is 18.6. The Labute approximate surface area is 153 Å². The minimum atomic E-state index is -3.36. The highest BCUT2D eigenvalue weighted by Crippen LogP contribution is 2.26. The quantitative estimate of drug-likeness (QED) is 0.892. The molecule has 1 heterocycles. The fourth-order valence-corrected chi connectivity index (χ4v) is 4.87. The van der Waals surface area contributed by atoms with Crippen molar-refractivity contribution in [3.63, 3.8) is 0 Å². The molecule has 6 nitrogen and oxygen atoms in total. The molecule has 1 fully saturated rings. The number of nitrogens with zero attached hydrogens (tertiary/aromatic N) is 1. The van der Waals surface area contributed by atoms with Crippen molar-refractivity contribution >= 4 is 21.6 Å². The molecule has 3 rings (SSSR count). The summed E-state index contributed by atoms with van der Waals surface area (Å²) in [5.41, 5.74) is 0.596. The molecule has 26 heavy (non-hydrogen) atoms. The van der Waals surface area contributed by atoms with Crippen LogP contribution in [0.5, 0.6) is 5.75 Å². The first-order valence-corrected chi connectivity index (χ1v) is 10.0. The zero-order valence-corrected chi connectivity index (χ0v) is 15.4. The van der Waals surface area contributed by atoms with Crippen LogP contribution < -0.4 is 10.1 Å². The highest BCUT2D eigenvalue weighted by atomic mass is 32.2. The molecule has 0 unspecified atom stereocenters. The number of carbonyl (C=O) groups is 1. The van der Waals surface area contributed by atoms with Gasteiger partial charge in [0.15, 0.2) is 9.84 Å². The van der Waals surface area contributed by atoms with Crippen LogP contribution in [0.2, 0.25) is 0 Å². The molecule has 0 aliphatic carbocycles. The fourth-order valence-electron chi connectivity index (χ4n) is 3.11. The van der Waals surface area contributed by atoms with Crippen LogP contribution >= 0.6 is 0 Å². The van der Waals surface area contributed by atoms with E-state index in [2.05, 4.69) is 5.32 Å². The molecule has 1 N–H and O–H groups in total. The van der Waals surface area contributed by atoms with Gasteiger partial charge >= 0.3 is 6.03 Å². The first-order chi connectivity index (χ1) is 12.5. The van der Waals surface area contributed by atoms with Gasteiger partial charge in [-0.1, -0.05) is 30.3 Å². The molecular weight excluding hydrogens is 352 g/mol. The number of likely N-dealkylation sites (tertiary alicyclic amines) is 1. The molecule has 1 aliphatic heterocycles. The summed E-state index contributed by atoms with van der Waals surface area (Å²) in [5.74, 6) is 0.586. The number of anilines is 1. The zero-order valence-electron chi connectivity index (χ0n) is 14.6. The van der Waals surface area contributed by atoms with Gasteiger partial charge in [0.2, 0.25) is 0 Å². The van der Waals surface area contributed by atoms with Gasteiger partial charge in [0.05, 0.1) is 22.9 Å². The lowest BCUT2D eigenvalue weighted by molar-refractivity contribution is 0.200. The maximum absolute atomic E-state index is 12.7. The fraction of sp³-hybridized carbons (Fsp3) is 0.316. The molecule has 2 aromatic rings. The molecule has 0 saturated carbocycles. The molecule has 138 valence electrons. The number of rotatable bonds is 4. The van der Waals surface area contributed by atoms with E-state index in [-0.39, 0.29) is 6.03 Å². The Bertz CT molecular complexity index is 860. The van der Waals surface area contributed by atoms with Gasteiger partial charge in [0.1, 0.15) is 5.75 Å². The Balaban J connectivity index is 1.62. The van der Waals surface area contributed by atoms with E-state index in [0.717, 1.165) is 0 Å². The van der Waals surface area contributed by atoms with Gasteiger partial charge in [0.25, 0.3) is 0 Å². The third kappa shape index (κ3) is 3.83. The molecule has 0 atom stereocenters. The summed E-state index contributed by atoms with van der Waals surface area (Å²) in [6, 6.07) is 15.4. The van der Waals surface area contributed by atoms with Gasteiger partial charge < -0.3 is 15.0 Å². The van der Waals surface area contributed by atoms with Crippen molar-refractivity contribution in [2.24, 2.45) is 0 Å². The molecule has 2 aromatic carbocycles. The summed E-state index contributed by atoms with van der Waals surface area (Å²) in [6.07, 6.45) is 0.854. The van der Waals surface area contributed by atoms with Crippen molar-refractivity contribution in [1.29, 1.82) is 0 Å². The number of sulfone groups is 1. The van der Waals surface area contributed by atoms with Crippen LogP contribution in [0.4, 0.5) is 10.5 Å². The van der Waals surface area contributed by atoms with Crippen LogP contribution in [0.15, 0.2) is 59.5 Å². The number of para-hydroxylation sites is 2. The van der Waals surface area contributed by atoms with E-state index < -0.39 is 15.1 Å². The minimum Gasteiger partial charge on any atom is -0.495 e. The number of urea groups is 1. The molecule has 0 radical (unpaired) electrons. The largest absolute Gasteiger partial charge is 0.495 e. The summed E-state index contributed by atoms with van der Waals surface area (Å²) < 4.78 is 30.6. The molecule has 2 amide bonds. The van der Waals surface area contributed by atoms with Crippen LogP contribution in [-0.2, 0) is 9.84 Å². The number of hydrogen-bond acceptors (Lipinski definition) is 4. The number of ether oxygens (including phenoxy) is 1. The normalized spacial score (nSPS) is 15.5. The third-order valence-electron chi connectivity index (χ3n) is 4.59. The summed E-state index contributed by atoms with van der Waals surface area (Å²) >= 11 is 0. The molecule has 7 heteroatoms. The van der Waals surface area contributed by atoms with Gasteiger partial charge in [-0.15, -0.1) is 0 Å². The van der Waals surface area contributed by atoms with E-state index >= 15 is 0 Å². The number of carbonyl (C=O) groups excluding carboxylic acids is 1. The topological polar surface area (TPSA) is 75.7 Å². The standard InChI is InChI=1S/C19H22N2O4S/c1-25-18-10-6-5-9-17(18)20-19(22)21-13-11-16(12-14-21)26(23,24)15-7-3-2-4-8-15/h2-10,16H,11-14H2,1H3,(H,20,22). The maximum atomic E-state index is 12.7. The van der Waals surface area contributed by atoms with E-state index in [9.17, 15) is 13.2 Å². The van der Waals surface area contributed by atoms with Gasteiger partial charge in [-0.2, -0.15) is 0 Å². The minimum absolute atomic E-state index is 0.245. The Kier molecular flexibility index (Phi) is 5.46. The van der Waals surface area contributed by atoms with Crippen LogP contribution in [0.25, 0.3) is 0 Å². The van der Waals surface area contributed by atoms with Crippen LogP contribution in [-0.4, -0.2) is 44.8 Å². The summed E-state index contributed by atoms with van der Waals surface area (Å²) in [7, 11) is -1.81. The van der Waals surface area contributed by atoms with Crippen LogP contribution in [0.3, 0.4) is 0 Å². The van der Waals surface area contributed by atoms with Crippen molar-refractivity contribution in [3.05, 3.63) is 54.6 Å².